The smallest absolute Gasteiger partial charge is 0.237 e. The lowest BCUT2D eigenvalue weighted by molar-refractivity contribution is -0.122. The molecule has 0 fully saturated rings. The number of nitrogens with two attached hydrogens (primary N) is 2. The molecule has 2 unspecified atom stereocenters. The maximum absolute atomic E-state index is 11.1. The quantitative estimate of drug-likeness (QED) is 0.755. The van der Waals surface area contributed by atoms with Crippen LogP contribution in [0, 0.1) is 0 Å². The summed E-state index contributed by atoms with van der Waals surface area (Å²) in [6.07, 6.45) is 4.03. The molecule has 0 aliphatic rings. The Labute approximate surface area is 99.8 Å². The molecule has 1 amide bonds. The second-order valence-electron chi connectivity index (χ2n) is 4.10. The zero-order valence-electron chi connectivity index (χ0n) is 9.51. The fraction of sp³-hybridized carbons (Fsp3) is 0.455. The third kappa shape index (κ3) is 3.83. The molecule has 1 aromatic rings. The van der Waals surface area contributed by atoms with Gasteiger partial charge in [0.15, 0.2) is 0 Å². The Hall–Kier alpha value is -1.07. The van der Waals surface area contributed by atoms with Gasteiger partial charge in [0.2, 0.25) is 5.91 Å². The van der Waals surface area contributed by atoms with Gasteiger partial charge >= 0.3 is 0 Å². The van der Waals surface area contributed by atoms with Crippen LogP contribution in [0.1, 0.15) is 20.3 Å². The van der Waals surface area contributed by atoms with Gasteiger partial charge in [0, 0.05) is 22.5 Å². The summed E-state index contributed by atoms with van der Waals surface area (Å²) in [6.45, 7) is 3.69. The van der Waals surface area contributed by atoms with Gasteiger partial charge < -0.3 is 11.5 Å². The molecular formula is C11H17N3OS. The van der Waals surface area contributed by atoms with E-state index in [9.17, 15) is 4.79 Å². The number of hydrogen-bond donors (Lipinski definition) is 2. The molecule has 4 N–H and O–H groups in total. The summed E-state index contributed by atoms with van der Waals surface area (Å²) in [4.78, 5) is 16.1. The lowest BCUT2D eigenvalue weighted by Crippen LogP contribution is -2.50. The van der Waals surface area contributed by atoms with Crippen LogP contribution in [0.4, 0.5) is 0 Å². The highest BCUT2D eigenvalue weighted by atomic mass is 32.2. The minimum absolute atomic E-state index is 0.227. The molecule has 2 atom stereocenters. The fourth-order valence-corrected chi connectivity index (χ4v) is 2.56. The fourth-order valence-electron chi connectivity index (χ4n) is 1.39. The Kier molecular flexibility index (Phi) is 4.32. The van der Waals surface area contributed by atoms with E-state index in [0.29, 0.717) is 6.42 Å². The van der Waals surface area contributed by atoms with Crippen LogP contribution in [0.25, 0.3) is 0 Å². The van der Waals surface area contributed by atoms with Gasteiger partial charge in [0.25, 0.3) is 0 Å². The first-order valence-electron chi connectivity index (χ1n) is 5.07. The van der Waals surface area contributed by atoms with Crippen molar-refractivity contribution in [3.8, 4) is 0 Å². The summed E-state index contributed by atoms with van der Waals surface area (Å²) >= 11 is 1.66. The van der Waals surface area contributed by atoms with E-state index in [1.807, 2.05) is 19.1 Å². The summed E-state index contributed by atoms with van der Waals surface area (Å²) in [5.74, 6) is -0.463. The molecule has 0 aliphatic heterocycles. The maximum Gasteiger partial charge on any atom is 0.237 e. The standard InChI is InChI=1S/C11H17N3OS/c1-8(7-11(2,13)10(12)15)16-9-3-5-14-6-4-9/h3-6,8H,7,13H2,1-2H3,(H2,12,15). The number of amides is 1. The molecule has 1 heterocycles. The number of carbonyl (C=O) groups is 1. The summed E-state index contributed by atoms with van der Waals surface area (Å²) in [7, 11) is 0. The van der Waals surface area contributed by atoms with Crippen molar-refractivity contribution in [3.63, 3.8) is 0 Å². The monoisotopic (exact) mass is 239 g/mol. The number of hydrogen-bond acceptors (Lipinski definition) is 4. The van der Waals surface area contributed by atoms with E-state index >= 15 is 0 Å². The van der Waals surface area contributed by atoms with E-state index < -0.39 is 11.4 Å². The van der Waals surface area contributed by atoms with Crippen molar-refractivity contribution >= 4 is 17.7 Å². The minimum Gasteiger partial charge on any atom is -0.368 e. The minimum atomic E-state index is -0.945. The van der Waals surface area contributed by atoms with Gasteiger partial charge in [0.05, 0.1) is 5.54 Å². The van der Waals surface area contributed by atoms with Gasteiger partial charge in [-0.1, -0.05) is 6.92 Å². The van der Waals surface area contributed by atoms with Crippen molar-refractivity contribution in [2.24, 2.45) is 11.5 Å². The van der Waals surface area contributed by atoms with Gasteiger partial charge in [-0.15, -0.1) is 11.8 Å². The van der Waals surface area contributed by atoms with Crippen LogP contribution in [-0.4, -0.2) is 21.7 Å². The predicted molar refractivity (Wildman–Crippen MR) is 66.0 cm³/mol. The Morgan fingerprint density at radius 2 is 2.12 bits per heavy atom. The van der Waals surface area contributed by atoms with E-state index in [1.165, 1.54) is 0 Å². The number of pyridine rings is 1. The highest BCUT2D eigenvalue weighted by Gasteiger charge is 2.28. The van der Waals surface area contributed by atoms with Gasteiger partial charge in [-0.3, -0.25) is 9.78 Å². The summed E-state index contributed by atoms with van der Waals surface area (Å²) in [5.41, 5.74) is 10.1. The molecule has 1 rings (SSSR count). The van der Waals surface area contributed by atoms with Crippen LogP contribution in [0.2, 0.25) is 0 Å². The zero-order valence-corrected chi connectivity index (χ0v) is 10.3. The van der Waals surface area contributed by atoms with E-state index in [-0.39, 0.29) is 5.25 Å². The first-order valence-corrected chi connectivity index (χ1v) is 5.95. The normalized spacial score (nSPS) is 16.4. The second kappa shape index (κ2) is 5.32. The number of nitrogens with zero attached hydrogens (tertiary/aromatic N) is 1. The highest BCUT2D eigenvalue weighted by molar-refractivity contribution is 7.99. The average molecular weight is 239 g/mol. The van der Waals surface area contributed by atoms with E-state index in [1.54, 1.807) is 31.1 Å². The molecule has 0 spiro atoms. The molecule has 0 aromatic carbocycles. The Bertz CT molecular complexity index is 354. The number of carbonyl (C=O) groups excluding carboxylic acids is 1. The molecule has 4 nitrogen and oxygen atoms in total. The third-order valence-corrected chi connectivity index (χ3v) is 3.37. The number of primary amides is 1. The van der Waals surface area contributed by atoms with Crippen LogP contribution in [0.15, 0.2) is 29.4 Å². The van der Waals surface area contributed by atoms with E-state index in [0.717, 1.165) is 4.90 Å². The van der Waals surface area contributed by atoms with Crippen molar-refractivity contribution in [3.05, 3.63) is 24.5 Å². The van der Waals surface area contributed by atoms with Gasteiger partial charge in [0.1, 0.15) is 0 Å². The molecule has 0 saturated carbocycles. The summed E-state index contributed by atoms with van der Waals surface area (Å²) in [5, 5.41) is 0.227. The topological polar surface area (TPSA) is 82.0 Å². The largest absolute Gasteiger partial charge is 0.368 e. The Morgan fingerprint density at radius 1 is 1.56 bits per heavy atom. The van der Waals surface area contributed by atoms with Crippen molar-refractivity contribution in [1.29, 1.82) is 0 Å². The number of aromatic nitrogens is 1. The Balaban J connectivity index is 2.54. The zero-order chi connectivity index (χ0) is 12.2. The van der Waals surface area contributed by atoms with Crippen molar-refractivity contribution < 1.29 is 4.79 Å². The predicted octanol–water partition coefficient (Wildman–Crippen LogP) is 1.15. The molecule has 0 saturated heterocycles. The molecule has 88 valence electrons. The first-order chi connectivity index (χ1) is 7.42. The van der Waals surface area contributed by atoms with Crippen LogP contribution in [0.3, 0.4) is 0 Å². The van der Waals surface area contributed by atoms with Crippen molar-refractivity contribution in [2.45, 2.75) is 36.0 Å². The van der Waals surface area contributed by atoms with Crippen LogP contribution in [-0.2, 0) is 4.79 Å². The van der Waals surface area contributed by atoms with Crippen LogP contribution < -0.4 is 11.5 Å². The summed E-state index contributed by atoms with van der Waals surface area (Å²) in [6, 6.07) is 3.86. The molecule has 0 bridgehead atoms. The van der Waals surface area contributed by atoms with E-state index in [4.69, 9.17) is 11.5 Å². The molecule has 5 heteroatoms. The van der Waals surface area contributed by atoms with E-state index in [2.05, 4.69) is 4.98 Å². The maximum atomic E-state index is 11.1. The van der Waals surface area contributed by atoms with Crippen LogP contribution in [0.5, 0.6) is 0 Å². The molecular weight excluding hydrogens is 222 g/mol. The first kappa shape index (κ1) is 13.0. The molecule has 0 radical (unpaired) electrons. The summed E-state index contributed by atoms with van der Waals surface area (Å²) < 4.78 is 0. The third-order valence-electron chi connectivity index (χ3n) is 2.26. The van der Waals surface area contributed by atoms with Gasteiger partial charge in [-0.2, -0.15) is 0 Å². The van der Waals surface area contributed by atoms with Gasteiger partial charge in [-0.25, -0.2) is 0 Å². The van der Waals surface area contributed by atoms with Gasteiger partial charge in [-0.05, 0) is 25.5 Å². The number of thioether (sulfide) groups is 1. The Morgan fingerprint density at radius 3 is 2.62 bits per heavy atom. The molecule has 0 aliphatic carbocycles. The lowest BCUT2D eigenvalue weighted by atomic mass is 9.97. The van der Waals surface area contributed by atoms with Crippen molar-refractivity contribution in [2.75, 3.05) is 0 Å². The second-order valence-corrected chi connectivity index (χ2v) is 5.61. The number of rotatable bonds is 5. The average Bonchev–Trinajstić information content (AvgIpc) is 2.17. The van der Waals surface area contributed by atoms with Crippen LogP contribution >= 0.6 is 11.8 Å². The highest BCUT2D eigenvalue weighted by Crippen LogP contribution is 2.27. The molecule has 1 aromatic heterocycles. The van der Waals surface area contributed by atoms with Crippen molar-refractivity contribution in [1.82, 2.24) is 4.98 Å². The lowest BCUT2D eigenvalue weighted by Gasteiger charge is -2.24. The SMILES string of the molecule is CC(CC(C)(N)C(N)=O)Sc1ccncc1. The molecule has 16 heavy (non-hydrogen) atoms.